The first kappa shape index (κ1) is 20.3. The van der Waals surface area contributed by atoms with E-state index in [1.165, 1.54) is 44.9 Å². The first-order valence-corrected chi connectivity index (χ1v) is 8.00. The molecule has 0 amide bonds. The van der Waals surface area contributed by atoms with Crippen LogP contribution >= 0.6 is 0 Å². The van der Waals surface area contributed by atoms with E-state index in [-0.39, 0.29) is 5.48 Å². The molecule has 0 aliphatic heterocycles. The van der Waals surface area contributed by atoms with Crippen molar-refractivity contribution >= 4 is 12.1 Å². The van der Waals surface area contributed by atoms with Gasteiger partial charge in [0, 0.05) is 5.56 Å². The van der Waals surface area contributed by atoms with E-state index in [0.29, 0.717) is 18.5 Å². The smallest absolute Gasteiger partial charge is 0.225 e. The summed E-state index contributed by atoms with van der Waals surface area (Å²) in [6.45, 7) is 2.94. The van der Waals surface area contributed by atoms with Gasteiger partial charge in [-0.15, -0.1) is 0 Å². The molecule has 0 fully saturated rings. The maximum Gasteiger partial charge on any atom is 0.225 e. The lowest BCUT2D eigenvalue weighted by Gasteiger charge is -2.06. The van der Waals surface area contributed by atoms with Gasteiger partial charge in [-0.1, -0.05) is 51.9 Å². The number of ketones is 1. The number of ether oxygens (including phenoxy) is 1. The summed E-state index contributed by atoms with van der Waals surface area (Å²) in [6.07, 6.45) is 10.5. The number of unbranched alkanes of at least 4 members (excludes halogenated alkanes) is 7. The van der Waals surface area contributed by atoms with E-state index in [9.17, 15) is 9.59 Å². The second-order valence-corrected chi connectivity index (χ2v) is 5.33. The van der Waals surface area contributed by atoms with Crippen molar-refractivity contribution in [1.82, 2.24) is 0 Å². The predicted molar refractivity (Wildman–Crippen MR) is 88.6 cm³/mol. The summed E-state index contributed by atoms with van der Waals surface area (Å²) in [5.41, 5.74) is 0.407. The van der Waals surface area contributed by atoms with Crippen LogP contribution in [-0.4, -0.2) is 24.2 Å². The van der Waals surface area contributed by atoms with E-state index in [1.807, 2.05) is 0 Å². The summed E-state index contributed by atoms with van der Waals surface area (Å²) in [7, 11) is 0. The SMILES string of the molecule is CCCCCCCCCCOc1ccc(C(=O)C=O)cc1.O. The fourth-order valence-corrected chi connectivity index (χ4v) is 2.21. The van der Waals surface area contributed by atoms with Gasteiger partial charge < -0.3 is 10.2 Å². The van der Waals surface area contributed by atoms with Crippen LogP contribution in [0.15, 0.2) is 24.3 Å². The molecule has 0 aliphatic rings. The molecule has 22 heavy (non-hydrogen) atoms. The van der Waals surface area contributed by atoms with Crippen LogP contribution in [0.2, 0.25) is 0 Å². The van der Waals surface area contributed by atoms with Gasteiger partial charge in [0.15, 0.2) is 6.29 Å². The van der Waals surface area contributed by atoms with Crippen molar-refractivity contribution in [2.75, 3.05) is 6.61 Å². The highest BCUT2D eigenvalue weighted by Gasteiger charge is 2.03. The Bertz CT molecular complexity index is 412. The Morgan fingerprint density at radius 1 is 0.955 bits per heavy atom. The molecule has 0 heterocycles. The molecule has 1 rings (SSSR count). The minimum atomic E-state index is -0.496. The monoisotopic (exact) mass is 308 g/mol. The molecule has 1 aromatic rings. The average molecular weight is 308 g/mol. The summed E-state index contributed by atoms with van der Waals surface area (Å²) in [5, 5.41) is 0. The quantitative estimate of drug-likeness (QED) is 0.255. The molecule has 0 atom stereocenters. The first-order valence-electron chi connectivity index (χ1n) is 8.00. The summed E-state index contributed by atoms with van der Waals surface area (Å²) in [5.74, 6) is 0.255. The summed E-state index contributed by atoms with van der Waals surface area (Å²) < 4.78 is 5.62. The molecular formula is C18H28O4. The van der Waals surface area contributed by atoms with Crippen molar-refractivity contribution in [2.24, 2.45) is 0 Å². The van der Waals surface area contributed by atoms with Gasteiger partial charge in [0.05, 0.1) is 6.61 Å². The molecule has 0 unspecified atom stereocenters. The molecule has 0 aliphatic carbocycles. The third-order valence-corrected chi connectivity index (χ3v) is 3.51. The normalized spacial score (nSPS) is 9.86. The fraction of sp³-hybridized carbons (Fsp3) is 0.556. The number of hydrogen-bond acceptors (Lipinski definition) is 3. The molecule has 0 saturated carbocycles. The molecule has 4 heteroatoms. The van der Waals surface area contributed by atoms with Crippen molar-refractivity contribution < 1.29 is 19.8 Å². The van der Waals surface area contributed by atoms with Crippen LogP contribution in [0.1, 0.15) is 68.6 Å². The van der Waals surface area contributed by atoms with Crippen molar-refractivity contribution in [3.63, 3.8) is 0 Å². The van der Waals surface area contributed by atoms with Crippen LogP contribution in [0.4, 0.5) is 0 Å². The van der Waals surface area contributed by atoms with Gasteiger partial charge in [-0.05, 0) is 30.7 Å². The van der Waals surface area contributed by atoms with E-state index >= 15 is 0 Å². The lowest BCUT2D eigenvalue weighted by atomic mass is 10.1. The zero-order valence-corrected chi connectivity index (χ0v) is 13.5. The van der Waals surface area contributed by atoms with Crippen LogP contribution in [-0.2, 0) is 4.79 Å². The molecule has 0 radical (unpaired) electrons. The van der Waals surface area contributed by atoms with E-state index in [0.717, 1.165) is 12.2 Å². The Kier molecular flexibility index (Phi) is 12.0. The lowest BCUT2D eigenvalue weighted by Crippen LogP contribution is -2.01. The minimum absolute atomic E-state index is 0. The number of carbonyl (C=O) groups is 2. The fourth-order valence-electron chi connectivity index (χ4n) is 2.21. The van der Waals surface area contributed by atoms with E-state index < -0.39 is 5.78 Å². The minimum Gasteiger partial charge on any atom is -0.494 e. The molecule has 124 valence electrons. The average Bonchev–Trinajstić information content (AvgIpc) is 2.53. The third-order valence-electron chi connectivity index (χ3n) is 3.51. The van der Waals surface area contributed by atoms with Crippen molar-refractivity contribution in [2.45, 2.75) is 58.3 Å². The Morgan fingerprint density at radius 3 is 2.05 bits per heavy atom. The Balaban J connectivity index is 0.00000441. The van der Waals surface area contributed by atoms with Gasteiger partial charge in [-0.25, -0.2) is 0 Å². The highest BCUT2D eigenvalue weighted by Crippen LogP contribution is 2.13. The second-order valence-electron chi connectivity index (χ2n) is 5.33. The van der Waals surface area contributed by atoms with Gasteiger partial charge >= 0.3 is 0 Å². The molecule has 0 aromatic heterocycles. The van der Waals surface area contributed by atoms with Gasteiger partial charge in [-0.3, -0.25) is 9.59 Å². The van der Waals surface area contributed by atoms with Crippen molar-refractivity contribution in [3.05, 3.63) is 29.8 Å². The van der Waals surface area contributed by atoms with Crippen molar-refractivity contribution in [3.8, 4) is 5.75 Å². The number of carbonyl (C=O) groups excluding carboxylic acids is 2. The maximum atomic E-state index is 11.1. The van der Waals surface area contributed by atoms with E-state index in [1.54, 1.807) is 24.3 Å². The lowest BCUT2D eigenvalue weighted by molar-refractivity contribution is -0.104. The number of benzene rings is 1. The highest BCUT2D eigenvalue weighted by atomic mass is 16.5. The summed E-state index contributed by atoms with van der Waals surface area (Å²) in [4.78, 5) is 21.5. The topological polar surface area (TPSA) is 74.9 Å². The molecule has 0 saturated heterocycles. The van der Waals surface area contributed by atoms with Crippen LogP contribution < -0.4 is 4.74 Å². The van der Waals surface area contributed by atoms with E-state index in [2.05, 4.69) is 6.92 Å². The largest absolute Gasteiger partial charge is 0.494 e. The second kappa shape index (κ2) is 13.0. The molecule has 4 nitrogen and oxygen atoms in total. The Morgan fingerprint density at radius 2 is 1.50 bits per heavy atom. The molecule has 1 aromatic carbocycles. The number of Topliss-reactive ketones (excluding diaryl/α,β-unsaturated/α-hetero) is 1. The predicted octanol–water partition coefficient (Wildman–Crippen LogP) is 3.76. The zero-order chi connectivity index (χ0) is 15.3. The Hall–Kier alpha value is -1.68. The summed E-state index contributed by atoms with van der Waals surface area (Å²) in [6, 6.07) is 6.72. The van der Waals surface area contributed by atoms with Gasteiger partial charge in [-0.2, -0.15) is 0 Å². The molecule has 0 spiro atoms. The van der Waals surface area contributed by atoms with Crippen molar-refractivity contribution in [1.29, 1.82) is 0 Å². The molecular weight excluding hydrogens is 280 g/mol. The molecule has 0 bridgehead atoms. The third kappa shape index (κ3) is 8.57. The Labute approximate surface area is 133 Å². The van der Waals surface area contributed by atoms with Gasteiger partial charge in [0.1, 0.15) is 5.75 Å². The highest BCUT2D eigenvalue weighted by molar-refractivity contribution is 6.33. The van der Waals surface area contributed by atoms with Crippen LogP contribution in [0.25, 0.3) is 0 Å². The van der Waals surface area contributed by atoms with Crippen LogP contribution in [0, 0.1) is 0 Å². The molecule has 2 N–H and O–H groups in total. The van der Waals surface area contributed by atoms with Gasteiger partial charge in [0.25, 0.3) is 0 Å². The van der Waals surface area contributed by atoms with Crippen LogP contribution in [0.3, 0.4) is 0 Å². The zero-order valence-electron chi connectivity index (χ0n) is 13.5. The standard InChI is InChI=1S/C18H26O3.H2O/c1-2-3-4-5-6-7-8-9-14-21-17-12-10-16(11-13-17)18(20)15-19;/h10-13,15H,2-9,14H2,1H3;1H2. The first-order chi connectivity index (χ1) is 10.3. The van der Waals surface area contributed by atoms with Gasteiger partial charge in [0.2, 0.25) is 5.78 Å². The van der Waals surface area contributed by atoms with E-state index in [4.69, 9.17) is 4.74 Å². The van der Waals surface area contributed by atoms with Crippen LogP contribution in [0.5, 0.6) is 5.75 Å². The summed E-state index contributed by atoms with van der Waals surface area (Å²) >= 11 is 0. The number of aldehydes is 1. The number of rotatable bonds is 12. The maximum absolute atomic E-state index is 11.1. The number of hydrogen-bond donors (Lipinski definition) is 0.